The molecule has 2 unspecified atom stereocenters. The molecule has 1 aliphatic carbocycles. The SMILES string of the molecule is CCOC(=O)c1sc(NC(=O)C2CCCC(C(F)(F)F)C2)cc1C. The molecule has 1 N–H and O–H groups in total. The van der Waals surface area contributed by atoms with E-state index in [1.807, 2.05) is 0 Å². The summed E-state index contributed by atoms with van der Waals surface area (Å²) in [5, 5.41) is 3.10. The number of hydrogen-bond donors (Lipinski definition) is 1. The lowest BCUT2D eigenvalue weighted by Gasteiger charge is -2.29. The summed E-state index contributed by atoms with van der Waals surface area (Å²) < 4.78 is 43.5. The first-order valence-corrected chi connectivity index (χ1v) is 8.69. The summed E-state index contributed by atoms with van der Waals surface area (Å²) in [5.41, 5.74) is 0.672. The fraction of sp³-hybridized carbons (Fsp3) is 0.625. The van der Waals surface area contributed by atoms with E-state index >= 15 is 0 Å². The van der Waals surface area contributed by atoms with E-state index in [4.69, 9.17) is 4.74 Å². The quantitative estimate of drug-likeness (QED) is 0.799. The number of anilines is 1. The van der Waals surface area contributed by atoms with Gasteiger partial charge in [0.05, 0.1) is 17.5 Å². The van der Waals surface area contributed by atoms with E-state index in [2.05, 4.69) is 5.32 Å². The molecule has 1 aromatic heterocycles. The van der Waals surface area contributed by atoms with Crippen molar-refractivity contribution in [3.05, 3.63) is 16.5 Å². The molecule has 8 heteroatoms. The molecular weight excluding hydrogens is 343 g/mol. The van der Waals surface area contributed by atoms with Gasteiger partial charge in [0.15, 0.2) is 0 Å². The van der Waals surface area contributed by atoms with Crippen LogP contribution in [0.2, 0.25) is 0 Å². The van der Waals surface area contributed by atoms with Crippen LogP contribution in [0.25, 0.3) is 0 Å². The average Bonchev–Trinajstić information content (AvgIpc) is 2.87. The molecule has 1 aliphatic rings. The maximum atomic E-state index is 12.8. The van der Waals surface area contributed by atoms with Crippen molar-refractivity contribution in [1.82, 2.24) is 0 Å². The number of nitrogens with one attached hydrogen (secondary N) is 1. The van der Waals surface area contributed by atoms with Gasteiger partial charge in [-0.2, -0.15) is 13.2 Å². The van der Waals surface area contributed by atoms with E-state index < -0.39 is 29.9 Å². The van der Waals surface area contributed by atoms with Crippen LogP contribution in [0.1, 0.15) is 47.8 Å². The van der Waals surface area contributed by atoms with Crippen molar-refractivity contribution in [1.29, 1.82) is 0 Å². The zero-order valence-corrected chi connectivity index (χ0v) is 14.4. The Labute approximate surface area is 142 Å². The summed E-state index contributed by atoms with van der Waals surface area (Å²) in [6.07, 6.45) is -3.51. The van der Waals surface area contributed by atoms with Gasteiger partial charge < -0.3 is 10.1 Å². The molecule has 134 valence electrons. The molecule has 0 spiro atoms. The minimum absolute atomic E-state index is 0.0817. The number of rotatable bonds is 4. The standard InChI is InChI=1S/C16H20F3NO3S/c1-3-23-15(22)13-9(2)7-12(24-13)20-14(21)10-5-4-6-11(8-10)16(17,18)19/h7,10-11H,3-6,8H2,1-2H3,(H,20,21). The number of thiophene rings is 1. The molecule has 4 nitrogen and oxygen atoms in total. The fourth-order valence-electron chi connectivity index (χ4n) is 2.89. The Kier molecular flexibility index (Phi) is 5.90. The van der Waals surface area contributed by atoms with Crippen molar-refractivity contribution in [3.63, 3.8) is 0 Å². The summed E-state index contributed by atoms with van der Waals surface area (Å²) in [6.45, 7) is 3.67. The summed E-state index contributed by atoms with van der Waals surface area (Å²) >= 11 is 1.08. The number of aryl methyl sites for hydroxylation is 1. The second kappa shape index (κ2) is 7.55. The van der Waals surface area contributed by atoms with Crippen LogP contribution in [0.5, 0.6) is 0 Å². The van der Waals surface area contributed by atoms with Gasteiger partial charge in [-0.1, -0.05) is 6.42 Å². The highest BCUT2D eigenvalue weighted by molar-refractivity contribution is 7.18. The molecule has 1 fully saturated rings. The van der Waals surface area contributed by atoms with Crippen LogP contribution in [0.15, 0.2) is 6.07 Å². The highest BCUT2D eigenvalue weighted by Gasteiger charge is 2.43. The average molecular weight is 363 g/mol. The molecular formula is C16H20F3NO3S. The van der Waals surface area contributed by atoms with E-state index in [1.165, 1.54) is 0 Å². The minimum atomic E-state index is -4.25. The number of ether oxygens (including phenoxy) is 1. The van der Waals surface area contributed by atoms with Crippen molar-refractivity contribution < 1.29 is 27.5 Å². The molecule has 1 saturated carbocycles. The molecule has 1 amide bonds. The van der Waals surface area contributed by atoms with Crippen molar-refractivity contribution in [2.45, 2.75) is 45.7 Å². The van der Waals surface area contributed by atoms with E-state index in [9.17, 15) is 22.8 Å². The van der Waals surface area contributed by atoms with Crippen molar-refractivity contribution in [2.24, 2.45) is 11.8 Å². The summed E-state index contributed by atoms with van der Waals surface area (Å²) in [4.78, 5) is 24.4. The molecule has 0 aromatic carbocycles. The van der Waals surface area contributed by atoms with Crippen LogP contribution in [-0.4, -0.2) is 24.7 Å². The minimum Gasteiger partial charge on any atom is -0.462 e. The van der Waals surface area contributed by atoms with Crippen LogP contribution in [0.3, 0.4) is 0 Å². The fourth-order valence-corrected chi connectivity index (χ4v) is 3.86. The summed E-state index contributed by atoms with van der Waals surface area (Å²) in [5.74, 6) is -2.95. The largest absolute Gasteiger partial charge is 0.462 e. The molecule has 0 radical (unpaired) electrons. The molecule has 1 heterocycles. The number of hydrogen-bond acceptors (Lipinski definition) is 4. The molecule has 2 atom stereocenters. The van der Waals surface area contributed by atoms with Gasteiger partial charge in [-0.25, -0.2) is 4.79 Å². The third kappa shape index (κ3) is 4.49. The maximum absolute atomic E-state index is 12.8. The number of carbonyl (C=O) groups excluding carboxylic acids is 2. The van der Waals surface area contributed by atoms with Crippen molar-refractivity contribution >= 4 is 28.2 Å². The monoisotopic (exact) mass is 363 g/mol. The Balaban J connectivity index is 2.02. The molecule has 1 aromatic rings. The number of alkyl halides is 3. The van der Waals surface area contributed by atoms with E-state index in [0.29, 0.717) is 28.3 Å². The highest BCUT2D eigenvalue weighted by atomic mass is 32.1. The normalized spacial score (nSPS) is 21.4. The Morgan fingerprint density at radius 1 is 1.38 bits per heavy atom. The van der Waals surface area contributed by atoms with Crippen LogP contribution in [-0.2, 0) is 9.53 Å². The van der Waals surface area contributed by atoms with E-state index in [1.54, 1.807) is 19.9 Å². The van der Waals surface area contributed by atoms with E-state index in [-0.39, 0.29) is 19.4 Å². The van der Waals surface area contributed by atoms with Gasteiger partial charge in [0.2, 0.25) is 5.91 Å². The first kappa shape index (κ1) is 18.8. The van der Waals surface area contributed by atoms with Gasteiger partial charge >= 0.3 is 12.1 Å². The first-order chi connectivity index (χ1) is 11.2. The second-order valence-electron chi connectivity index (χ2n) is 5.93. The number of amides is 1. The van der Waals surface area contributed by atoms with Gasteiger partial charge in [0.25, 0.3) is 0 Å². The molecule has 0 aliphatic heterocycles. The van der Waals surface area contributed by atoms with Crippen LogP contribution in [0.4, 0.5) is 18.2 Å². The van der Waals surface area contributed by atoms with Crippen LogP contribution >= 0.6 is 11.3 Å². The summed E-state index contributed by atoms with van der Waals surface area (Å²) in [6, 6.07) is 1.64. The Morgan fingerprint density at radius 2 is 2.08 bits per heavy atom. The van der Waals surface area contributed by atoms with Crippen molar-refractivity contribution in [2.75, 3.05) is 11.9 Å². The molecule has 24 heavy (non-hydrogen) atoms. The van der Waals surface area contributed by atoms with Crippen LogP contribution < -0.4 is 5.32 Å². The number of carbonyl (C=O) groups is 2. The lowest BCUT2D eigenvalue weighted by atomic mass is 9.80. The Morgan fingerprint density at radius 3 is 2.71 bits per heavy atom. The zero-order chi connectivity index (χ0) is 17.9. The number of esters is 1. The lowest BCUT2D eigenvalue weighted by Crippen LogP contribution is -2.34. The second-order valence-corrected chi connectivity index (χ2v) is 6.99. The Bertz CT molecular complexity index is 612. The lowest BCUT2D eigenvalue weighted by molar-refractivity contribution is -0.185. The van der Waals surface area contributed by atoms with E-state index in [0.717, 1.165) is 11.3 Å². The third-order valence-electron chi connectivity index (χ3n) is 4.13. The third-order valence-corrected chi connectivity index (χ3v) is 5.27. The zero-order valence-electron chi connectivity index (χ0n) is 13.5. The molecule has 0 bridgehead atoms. The van der Waals surface area contributed by atoms with Crippen molar-refractivity contribution in [3.8, 4) is 0 Å². The maximum Gasteiger partial charge on any atom is 0.391 e. The first-order valence-electron chi connectivity index (χ1n) is 7.87. The van der Waals surface area contributed by atoms with Gasteiger partial charge in [-0.3, -0.25) is 4.79 Å². The smallest absolute Gasteiger partial charge is 0.391 e. The Hall–Kier alpha value is -1.57. The highest BCUT2D eigenvalue weighted by Crippen LogP contribution is 2.40. The molecule has 0 saturated heterocycles. The van der Waals surface area contributed by atoms with Gasteiger partial charge in [0.1, 0.15) is 4.88 Å². The topological polar surface area (TPSA) is 55.4 Å². The van der Waals surface area contributed by atoms with Crippen LogP contribution in [0, 0.1) is 18.8 Å². The van der Waals surface area contributed by atoms with Gasteiger partial charge in [0, 0.05) is 5.92 Å². The predicted molar refractivity (Wildman–Crippen MR) is 85.1 cm³/mol. The number of halogens is 3. The summed E-state index contributed by atoms with van der Waals surface area (Å²) in [7, 11) is 0. The van der Waals surface area contributed by atoms with Gasteiger partial charge in [-0.05, 0) is 44.7 Å². The predicted octanol–water partition coefficient (Wildman–Crippen LogP) is 4.54. The van der Waals surface area contributed by atoms with Gasteiger partial charge in [-0.15, -0.1) is 11.3 Å². The molecule has 2 rings (SSSR count).